The quantitative estimate of drug-likeness (QED) is 0.0727. The van der Waals surface area contributed by atoms with E-state index in [1.165, 1.54) is 18.7 Å². The molecule has 0 saturated heterocycles. The van der Waals surface area contributed by atoms with Gasteiger partial charge in [0.05, 0.1) is 0 Å². The maximum atomic E-state index is 13.6. The fourth-order valence-electron chi connectivity index (χ4n) is 4.58. The van der Waals surface area contributed by atoms with E-state index in [0.717, 1.165) is 20.5 Å². The van der Waals surface area contributed by atoms with Gasteiger partial charge in [0.1, 0.15) is 10.9 Å². The van der Waals surface area contributed by atoms with E-state index in [1.807, 2.05) is 66.7 Å². The van der Waals surface area contributed by atoms with Gasteiger partial charge in [-0.2, -0.15) is 0 Å². The van der Waals surface area contributed by atoms with Gasteiger partial charge in [0.15, 0.2) is 5.78 Å². The van der Waals surface area contributed by atoms with Crippen molar-refractivity contribution in [3.8, 4) is 0 Å². The van der Waals surface area contributed by atoms with Crippen molar-refractivity contribution in [1.82, 2.24) is 5.32 Å². The van der Waals surface area contributed by atoms with Crippen molar-refractivity contribution < 1.29 is 19.2 Å². The van der Waals surface area contributed by atoms with Gasteiger partial charge in [-0.05, 0) is 90.9 Å². The zero-order valence-corrected chi connectivity index (χ0v) is 27.7. The Kier molecular flexibility index (Phi) is 11.2. The number of carbonyl (C=O) groups excluding carboxylic acids is 4. The third kappa shape index (κ3) is 9.38. The summed E-state index contributed by atoms with van der Waals surface area (Å²) in [6, 6.07) is 39.4. The van der Waals surface area contributed by atoms with Crippen molar-refractivity contribution in [2.45, 2.75) is 17.1 Å². The SMILES string of the molecule is CC(=O)c1ccc(NC(=O)C(Sc2cccc(NC(=O)/C(=C\c3cccc(Br)c3)NC(=O)c3ccccc3)c2)c2ccccc2)cc1. The summed E-state index contributed by atoms with van der Waals surface area (Å²) >= 11 is 4.78. The summed E-state index contributed by atoms with van der Waals surface area (Å²) in [5, 5.41) is 7.99. The van der Waals surface area contributed by atoms with Gasteiger partial charge in [0, 0.05) is 31.9 Å². The number of halogens is 1. The second-order valence-corrected chi connectivity index (χ2v) is 12.5. The predicted octanol–water partition coefficient (Wildman–Crippen LogP) is 8.53. The van der Waals surface area contributed by atoms with Crippen LogP contribution in [0.25, 0.3) is 6.08 Å². The monoisotopic (exact) mass is 703 g/mol. The lowest BCUT2D eigenvalue weighted by molar-refractivity contribution is -0.116. The summed E-state index contributed by atoms with van der Waals surface area (Å²) in [6.07, 6.45) is 1.61. The summed E-state index contributed by atoms with van der Waals surface area (Å²) in [5.74, 6) is -1.22. The highest BCUT2D eigenvalue weighted by molar-refractivity contribution is 9.10. The van der Waals surface area contributed by atoms with Crippen LogP contribution in [0.3, 0.4) is 0 Å². The van der Waals surface area contributed by atoms with Crippen LogP contribution >= 0.6 is 27.7 Å². The van der Waals surface area contributed by atoms with Crippen LogP contribution in [0.4, 0.5) is 11.4 Å². The summed E-state index contributed by atoms with van der Waals surface area (Å²) in [5.41, 5.74) is 3.62. The van der Waals surface area contributed by atoms with Gasteiger partial charge >= 0.3 is 0 Å². The second-order valence-electron chi connectivity index (χ2n) is 10.4. The first-order valence-electron chi connectivity index (χ1n) is 14.6. The molecule has 0 aliphatic carbocycles. The van der Waals surface area contributed by atoms with E-state index in [1.54, 1.807) is 72.8 Å². The minimum Gasteiger partial charge on any atom is -0.325 e. The molecule has 0 fully saturated rings. The Hall–Kier alpha value is -5.25. The predicted molar refractivity (Wildman–Crippen MR) is 191 cm³/mol. The Morgan fingerprint density at radius 3 is 2.04 bits per heavy atom. The molecule has 0 heterocycles. The highest BCUT2D eigenvalue weighted by atomic mass is 79.9. The molecule has 9 heteroatoms. The van der Waals surface area contributed by atoms with E-state index in [9.17, 15) is 19.2 Å². The largest absolute Gasteiger partial charge is 0.325 e. The topological polar surface area (TPSA) is 104 Å². The van der Waals surface area contributed by atoms with Crippen molar-refractivity contribution in [2.75, 3.05) is 10.6 Å². The van der Waals surface area contributed by atoms with Crippen LogP contribution < -0.4 is 16.0 Å². The van der Waals surface area contributed by atoms with Crippen LogP contribution in [0.15, 0.2) is 149 Å². The van der Waals surface area contributed by atoms with Crippen LogP contribution in [0.2, 0.25) is 0 Å². The van der Waals surface area contributed by atoms with Crippen LogP contribution in [-0.2, 0) is 9.59 Å². The van der Waals surface area contributed by atoms with Crippen molar-refractivity contribution in [1.29, 1.82) is 0 Å². The van der Waals surface area contributed by atoms with Crippen molar-refractivity contribution in [3.63, 3.8) is 0 Å². The first-order valence-corrected chi connectivity index (χ1v) is 16.3. The molecule has 3 N–H and O–H groups in total. The fourth-order valence-corrected chi connectivity index (χ4v) is 6.08. The van der Waals surface area contributed by atoms with Crippen molar-refractivity contribution in [3.05, 3.63) is 166 Å². The van der Waals surface area contributed by atoms with Gasteiger partial charge in [0.25, 0.3) is 11.8 Å². The highest BCUT2D eigenvalue weighted by Gasteiger charge is 2.23. The van der Waals surface area contributed by atoms with Gasteiger partial charge in [0.2, 0.25) is 5.91 Å². The van der Waals surface area contributed by atoms with Gasteiger partial charge in [-0.3, -0.25) is 19.2 Å². The second kappa shape index (κ2) is 15.8. The number of hydrogen-bond acceptors (Lipinski definition) is 5. The van der Waals surface area contributed by atoms with E-state index >= 15 is 0 Å². The number of amides is 3. The van der Waals surface area contributed by atoms with Gasteiger partial charge in [-0.25, -0.2) is 0 Å². The average Bonchev–Trinajstić information content (AvgIpc) is 3.08. The standard InChI is InChI=1S/C38H30BrN3O4S/c1-25(43)27-18-20-31(21-19-27)40-38(46)35(28-11-4-2-5-12-28)47-33-17-9-16-32(24-33)41-37(45)34(23-26-10-8-15-30(39)22-26)42-36(44)29-13-6-3-7-14-29/h2-24,35H,1H3,(H,40,46)(H,41,45)(H,42,44)/b34-23+. The normalized spacial score (nSPS) is 11.7. The third-order valence-electron chi connectivity index (χ3n) is 6.93. The van der Waals surface area contributed by atoms with Crippen LogP contribution in [0, 0.1) is 0 Å². The molecule has 0 bridgehead atoms. The van der Waals surface area contributed by atoms with Gasteiger partial charge < -0.3 is 16.0 Å². The summed E-state index contributed by atoms with van der Waals surface area (Å²) in [4.78, 5) is 52.6. The van der Waals surface area contributed by atoms with E-state index < -0.39 is 17.1 Å². The van der Waals surface area contributed by atoms with Gasteiger partial charge in [-0.1, -0.05) is 82.7 Å². The number of carbonyl (C=O) groups is 4. The molecule has 47 heavy (non-hydrogen) atoms. The number of Topliss-reactive ketones (excluding diaryl/α,β-unsaturated/α-hetero) is 1. The molecule has 0 radical (unpaired) electrons. The Labute approximate surface area is 285 Å². The number of thioether (sulfide) groups is 1. The first kappa shape index (κ1) is 33.1. The molecule has 3 amide bonds. The number of rotatable bonds is 11. The van der Waals surface area contributed by atoms with E-state index in [4.69, 9.17) is 0 Å². The van der Waals surface area contributed by atoms with Crippen LogP contribution in [-0.4, -0.2) is 23.5 Å². The summed E-state index contributed by atoms with van der Waals surface area (Å²) in [6.45, 7) is 1.49. The smallest absolute Gasteiger partial charge is 0.272 e. The van der Waals surface area contributed by atoms with E-state index in [2.05, 4.69) is 31.9 Å². The first-order chi connectivity index (χ1) is 22.7. The van der Waals surface area contributed by atoms with Gasteiger partial charge in [-0.15, -0.1) is 11.8 Å². The Morgan fingerprint density at radius 2 is 1.36 bits per heavy atom. The molecule has 1 atom stereocenters. The molecule has 0 aliphatic rings. The number of benzene rings is 5. The fraction of sp³-hybridized carbons (Fsp3) is 0.0526. The Balaban J connectivity index is 1.36. The minimum atomic E-state index is -0.619. The Morgan fingerprint density at radius 1 is 0.681 bits per heavy atom. The molecular weight excluding hydrogens is 674 g/mol. The summed E-state index contributed by atoms with van der Waals surface area (Å²) < 4.78 is 0.829. The molecule has 0 aliphatic heterocycles. The lowest BCUT2D eigenvalue weighted by Gasteiger charge is -2.18. The lowest BCUT2D eigenvalue weighted by Crippen LogP contribution is -2.30. The number of ketones is 1. The molecular formula is C38H30BrN3O4S. The molecule has 1 unspecified atom stereocenters. The maximum Gasteiger partial charge on any atom is 0.272 e. The van der Waals surface area contributed by atoms with E-state index in [-0.39, 0.29) is 17.4 Å². The minimum absolute atomic E-state index is 0.0538. The average molecular weight is 705 g/mol. The zero-order valence-electron chi connectivity index (χ0n) is 25.3. The Bertz CT molecular complexity index is 1930. The molecule has 0 saturated carbocycles. The number of anilines is 2. The molecule has 7 nitrogen and oxygen atoms in total. The lowest BCUT2D eigenvalue weighted by atomic mass is 10.1. The number of hydrogen-bond donors (Lipinski definition) is 3. The molecule has 5 aromatic carbocycles. The van der Waals surface area contributed by atoms with Crippen molar-refractivity contribution >= 4 is 68.6 Å². The van der Waals surface area contributed by atoms with Crippen LogP contribution in [0.5, 0.6) is 0 Å². The highest BCUT2D eigenvalue weighted by Crippen LogP contribution is 2.37. The van der Waals surface area contributed by atoms with E-state index in [0.29, 0.717) is 22.5 Å². The molecule has 5 aromatic rings. The molecule has 234 valence electrons. The molecule has 0 aromatic heterocycles. The third-order valence-corrected chi connectivity index (χ3v) is 8.68. The molecule has 0 spiro atoms. The zero-order chi connectivity index (χ0) is 33.2. The summed E-state index contributed by atoms with van der Waals surface area (Å²) in [7, 11) is 0. The maximum absolute atomic E-state index is 13.6. The van der Waals surface area contributed by atoms with Crippen molar-refractivity contribution in [2.24, 2.45) is 0 Å². The van der Waals surface area contributed by atoms with Crippen LogP contribution in [0.1, 0.15) is 44.0 Å². The number of nitrogens with one attached hydrogen (secondary N) is 3. The molecule has 5 rings (SSSR count).